The first-order valence-electron chi connectivity index (χ1n) is 18.0. The summed E-state index contributed by atoms with van der Waals surface area (Å²) in [6.45, 7) is 14.0. The molecule has 0 bridgehead atoms. The highest BCUT2D eigenvalue weighted by atomic mass is 35.5. The lowest BCUT2D eigenvalue weighted by Gasteiger charge is -2.47. The highest BCUT2D eigenvalue weighted by Gasteiger charge is 2.37. The number of hydrogen-bond donors (Lipinski definition) is 1. The number of hydrogen-bond acceptors (Lipinski definition) is 7. The van der Waals surface area contributed by atoms with Crippen LogP contribution in [0.4, 0.5) is 17.3 Å². The summed E-state index contributed by atoms with van der Waals surface area (Å²) in [5, 5.41) is 4.93. The van der Waals surface area contributed by atoms with Crippen LogP contribution in [0.3, 0.4) is 0 Å². The number of nitrogens with one attached hydrogen (secondary N) is 1. The first kappa shape index (κ1) is 33.1. The summed E-state index contributed by atoms with van der Waals surface area (Å²) >= 11 is 6.68. The van der Waals surface area contributed by atoms with E-state index in [2.05, 4.69) is 59.1 Å². The predicted octanol–water partition coefficient (Wildman–Crippen LogP) is 7.83. The molecule has 0 amide bonds. The fourth-order valence-corrected chi connectivity index (χ4v) is 8.74. The first-order valence-corrected chi connectivity index (χ1v) is 18.3. The van der Waals surface area contributed by atoms with Crippen molar-refractivity contribution in [3.8, 4) is 11.1 Å². The predicted molar refractivity (Wildman–Crippen MR) is 199 cm³/mol. The number of anilines is 3. The van der Waals surface area contributed by atoms with Crippen LogP contribution in [-0.2, 0) is 0 Å². The highest BCUT2D eigenvalue weighted by molar-refractivity contribution is 6.33. The van der Waals surface area contributed by atoms with Gasteiger partial charge >= 0.3 is 0 Å². The topological polar surface area (TPSA) is 69.5 Å². The fourth-order valence-electron chi connectivity index (χ4n) is 8.51. The molecule has 3 aliphatic rings. The molecule has 1 atom stereocenters. The molecule has 2 aromatic heterocycles. The molecule has 4 aromatic rings. The Bertz CT molecular complexity index is 1830. The number of aromatic nitrogens is 3. The lowest BCUT2D eigenvalue weighted by molar-refractivity contribution is 0.0944. The molecule has 7 rings (SSSR count). The molecule has 3 aliphatic heterocycles. The van der Waals surface area contributed by atoms with E-state index in [9.17, 15) is 4.79 Å². The molecule has 3 saturated heterocycles. The molecule has 48 heavy (non-hydrogen) atoms. The van der Waals surface area contributed by atoms with Gasteiger partial charge in [-0.3, -0.25) is 9.36 Å². The lowest BCUT2D eigenvalue weighted by atomic mass is 9.71. The molecule has 254 valence electrons. The van der Waals surface area contributed by atoms with Crippen molar-refractivity contribution < 1.29 is 0 Å². The Balaban J connectivity index is 1.19. The number of aryl methyl sites for hydroxylation is 2. The van der Waals surface area contributed by atoms with Gasteiger partial charge in [0.05, 0.1) is 11.6 Å². The van der Waals surface area contributed by atoms with E-state index in [-0.39, 0.29) is 11.6 Å². The van der Waals surface area contributed by atoms with Crippen molar-refractivity contribution in [2.75, 3.05) is 63.1 Å². The van der Waals surface area contributed by atoms with Crippen LogP contribution in [0, 0.1) is 19.3 Å². The third-order valence-electron chi connectivity index (χ3n) is 11.4. The number of benzene rings is 2. The second-order valence-corrected chi connectivity index (χ2v) is 15.0. The van der Waals surface area contributed by atoms with E-state index in [4.69, 9.17) is 21.6 Å². The van der Waals surface area contributed by atoms with Crippen LogP contribution in [0.2, 0.25) is 5.02 Å². The van der Waals surface area contributed by atoms with Gasteiger partial charge in [-0.25, -0.2) is 4.98 Å². The van der Waals surface area contributed by atoms with Gasteiger partial charge in [0.2, 0.25) is 5.95 Å². The molecule has 0 unspecified atom stereocenters. The van der Waals surface area contributed by atoms with Crippen LogP contribution in [0.5, 0.6) is 0 Å². The van der Waals surface area contributed by atoms with Gasteiger partial charge in [-0.2, -0.15) is 4.98 Å². The molecule has 8 nitrogen and oxygen atoms in total. The maximum absolute atomic E-state index is 14.5. The summed E-state index contributed by atoms with van der Waals surface area (Å²) in [5.41, 5.74) is 6.93. The van der Waals surface area contributed by atoms with E-state index < -0.39 is 0 Å². The van der Waals surface area contributed by atoms with Crippen LogP contribution < -0.4 is 15.8 Å². The van der Waals surface area contributed by atoms with E-state index in [1.165, 1.54) is 50.0 Å². The Morgan fingerprint density at radius 2 is 1.75 bits per heavy atom. The van der Waals surface area contributed by atoms with Crippen LogP contribution in [0.1, 0.15) is 69.0 Å². The maximum Gasteiger partial charge on any atom is 0.260 e. The second kappa shape index (κ2) is 13.8. The Morgan fingerprint density at radius 1 is 1.00 bits per heavy atom. The second-order valence-electron chi connectivity index (χ2n) is 14.6. The van der Waals surface area contributed by atoms with Crippen LogP contribution >= 0.6 is 11.6 Å². The lowest BCUT2D eigenvalue weighted by Crippen LogP contribution is -2.46. The zero-order valence-corrected chi connectivity index (χ0v) is 29.8. The van der Waals surface area contributed by atoms with Crippen LogP contribution in [-0.4, -0.2) is 77.2 Å². The molecule has 2 aromatic carbocycles. The van der Waals surface area contributed by atoms with E-state index in [1.54, 1.807) is 0 Å². The summed E-state index contributed by atoms with van der Waals surface area (Å²) in [5.74, 6) is 0.496. The zero-order valence-electron chi connectivity index (χ0n) is 29.1. The minimum absolute atomic E-state index is 0.0182. The molecule has 0 saturated carbocycles. The highest BCUT2D eigenvalue weighted by Crippen LogP contribution is 2.42. The normalized spacial score (nSPS) is 20.4. The van der Waals surface area contributed by atoms with Gasteiger partial charge in [-0.05, 0) is 133 Å². The van der Waals surface area contributed by atoms with Gasteiger partial charge in [-0.1, -0.05) is 36.7 Å². The van der Waals surface area contributed by atoms with Gasteiger partial charge < -0.3 is 20.0 Å². The smallest absolute Gasteiger partial charge is 0.260 e. The standard InChI is InChI=1S/C39H50ClN7O/c1-5-18-45-19-8-9-30(26-45)47-36-32(28(3)35(37(47)48)31-10-6-7-11-33(31)40)25-41-38(43-36)42-29-12-13-34(27(2)24-29)46-22-16-39(17-23-46)14-20-44(4)21-15-39/h6-7,10-13,24-25,30H,5,8-9,14-23,26H2,1-4H3,(H,41,42,43)/t30-/m0/s1. The Hall–Kier alpha value is -3.46. The van der Waals surface area contributed by atoms with Crippen molar-refractivity contribution in [3.63, 3.8) is 0 Å². The zero-order chi connectivity index (χ0) is 33.4. The van der Waals surface area contributed by atoms with Gasteiger partial charge in [0.25, 0.3) is 5.56 Å². The Kier molecular flexibility index (Phi) is 9.51. The minimum atomic E-state index is -0.0372. The van der Waals surface area contributed by atoms with Gasteiger partial charge in [-0.15, -0.1) is 0 Å². The molecule has 5 heterocycles. The molecular formula is C39H50ClN7O. The third-order valence-corrected chi connectivity index (χ3v) is 11.7. The molecule has 0 aliphatic carbocycles. The molecule has 1 spiro atoms. The fraction of sp³-hybridized carbons (Fsp3) is 0.513. The van der Waals surface area contributed by atoms with Crippen LogP contribution in [0.25, 0.3) is 22.2 Å². The number of halogens is 1. The average Bonchev–Trinajstić information content (AvgIpc) is 3.08. The molecule has 9 heteroatoms. The van der Waals surface area contributed by atoms with E-state index in [1.807, 2.05) is 42.0 Å². The number of nitrogens with zero attached hydrogens (tertiary/aromatic N) is 6. The maximum atomic E-state index is 14.5. The number of pyridine rings is 1. The Morgan fingerprint density at radius 3 is 2.48 bits per heavy atom. The summed E-state index contributed by atoms with van der Waals surface area (Å²) in [6, 6.07) is 14.2. The van der Waals surface area contributed by atoms with Crippen LogP contribution in [0.15, 0.2) is 53.5 Å². The van der Waals surface area contributed by atoms with E-state index in [0.29, 0.717) is 27.6 Å². The number of likely N-dealkylation sites (tertiary alicyclic amines) is 2. The van der Waals surface area contributed by atoms with Crippen molar-refractivity contribution in [1.29, 1.82) is 0 Å². The summed E-state index contributed by atoms with van der Waals surface area (Å²) in [6.07, 6.45) is 10.2. The van der Waals surface area contributed by atoms with E-state index >= 15 is 0 Å². The monoisotopic (exact) mass is 667 g/mol. The van der Waals surface area contributed by atoms with Crippen molar-refractivity contribution in [2.24, 2.45) is 5.41 Å². The summed E-state index contributed by atoms with van der Waals surface area (Å²) in [7, 11) is 2.25. The first-order chi connectivity index (χ1) is 23.2. The third kappa shape index (κ3) is 6.47. The quantitative estimate of drug-likeness (QED) is 0.215. The Labute approximate surface area is 290 Å². The van der Waals surface area contributed by atoms with Crippen molar-refractivity contribution in [2.45, 2.75) is 71.8 Å². The van der Waals surface area contributed by atoms with Gasteiger partial charge in [0.1, 0.15) is 5.65 Å². The summed E-state index contributed by atoms with van der Waals surface area (Å²) in [4.78, 5) is 31.9. The van der Waals surface area contributed by atoms with Crippen molar-refractivity contribution in [3.05, 3.63) is 75.2 Å². The van der Waals surface area contributed by atoms with Gasteiger partial charge in [0, 0.05) is 53.2 Å². The number of piperidine rings is 3. The number of rotatable bonds is 7. The van der Waals surface area contributed by atoms with E-state index in [0.717, 1.165) is 74.2 Å². The minimum Gasteiger partial charge on any atom is -0.371 e. The molecule has 3 fully saturated rings. The van der Waals surface area contributed by atoms with Gasteiger partial charge in [0.15, 0.2) is 0 Å². The van der Waals surface area contributed by atoms with Crippen molar-refractivity contribution in [1.82, 2.24) is 24.3 Å². The molecule has 1 N–H and O–H groups in total. The molecule has 0 radical (unpaired) electrons. The largest absolute Gasteiger partial charge is 0.371 e. The molecular weight excluding hydrogens is 618 g/mol. The average molecular weight is 668 g/mol. The van der Waals surface area contributed by atoms with Crippen molar-refractivity contribution >= 4 is 40.0 Å². The summed E-state index contributed by atoms with van der Waals surface area (Å²) < 4.78 is 1.94. The number of fused-ring (bicyclic) bond motifs is 1. The SMILES string of the molecule is CCCN1CCC[C@H](n2c(=O)c(-c3ccccc3Cl)c(C)c3cnc(Nc4ccc(N5CCC6(CCN(C)CC6)CC5)c(C)c4)nc32)C1.